The fourth-order valence-electron chi connectivity index (χ4n) is 2.16. The van der Waals surface area contributed by atoms with Crippen molar-refractivity contribution in [3.05, 3.63) is 70.3 Å². The van der Waals surface area contributed by atoms with Crippen LogP contribution in [0.1, 0.15) is 60.0 Å². The maximum absolute atomic E-state index is 13.0. The van der Waals surface area contributed by atoms with Gasteiger partial charge in [0.1, 0.15) is 11.6 Å². The highest BCUT2D eigenvalue weighted by molar-refractivity contribution is 9.93. The number of benzene rings is 2. The van der Waals surface area contributed by atoms with Crippen LogP contribution in [0.4, 0.5) is 8.78 Å². The summed E-state index contributed by atoms with van der Waals surface area (Å²) in [7, 11) is 0. The Labute approximate surface area is 190 Å². The quantitative estimate of drug-likeness (QED) is 0.264. The zero-order chi connectivity index (χ0) is 21.0. The molecule has 7 heteroatoms. The highest BCUT2D eigenvalue weighted by Gasteiger charge is 2.07. The van der Waals surface area contributed by atoms with Gasteiger partial charge in [-0.05, 0) is 67.3 Å². The van der Waals surface area contributed by atoms with Crippen LogP contribution in [0.2, 0.25) is 0 Å². The second kappa shape index (κ2) is 15.9. The van der Waals surface area contributed by atoms with Gasteiger partial charge in [0, 0.05) is 39.4 Å². The number of ketones is 2. The van der Waals surface area contributed by atoms with Crippen molar-refractivity contribution in [1.29, 1.82) is 0 Å². The molecule has 0 N–H and O–H groups in total. The molecule has 0 saturated heterocycles. The molecule has 0 spiro atoms. The minimum absolute atomic E-state index is 0. The van der Waals surface area contributed by atoms with Crippen molar-refractivity contribution in [2.24, 2.45) is 0 Å². The first kappa shape index (κ1) is 29.3. The van der Waals surface area contributed by atoms with Gasteiger partial charge in [0.15, 0.2) is 11.6 Å². The van der Waals surface area contributed by atoms with Crippen LogP contribution in [0, 0.1) is 11.6 Å². The lowest BCUT2D eigenvalue weighted by Gasteiger charge is -2.02. The number of rotatable bonds is 5. The van der Waals surface area contributed by atoms with Gasteiger partial charge in [-0.2, -0.15) is 0 Å². The summed E-state index contributed by atoms with van der Waals surface area (Å²) in [6.45, 7) is 5.20. The van der Waals surface area contributed by atoms with E-state index in [0.29, 0.717) is 35.1 Å². The predicted molar refractivity (Wildman–Crippen MR) is 124 cm³/mol. The zero-order valence-electron chi connectivity index (χ0n) is 15.3. The molecule has 0 aromatic heterocycles. The van der Waals surface area contributed by atoms with E-state index in [4.69, 9.17) is 0 Å². The number of carbonyl (C=O) groups excluding carboxylic acids is 2. The first-order valence-electron chi connectivity index (χ1n) is 8.15. The minimum Gasteiger partial charge on any atom is -0.295 e. The average molecular weight is 587 g/mol. The van der Waals surface area contributed by atoms with Crippen LogP contribution >= 0.6 is 44.2 Å². The largest absolute Gasteiger partial charge is 0.295 e. The molecule has 156 valence electrons. The van der Waals surface area contributed by atoms with E-state index in [9.17, 15) is 18.4 Å². The van der Waals surface area contributed by atoms with E-state index < -0.39 is 0 Å². The number of halogens is 5. The van der Waals surface area contributed by atoms with Crippen molar-refractivity contribution >= 4 is 55.8 Å². The Morgan fingerprint density at radius 2 is 1.25 bits per heavy atom. The van der Waals surface area contributed by atoms with Crippen LogP contribution in [0.25, 0.3) is 0 Å². The Bertz CT molecular complexity index is 765. The van der Waals surface area contributed by atoms with Gasteiger partial charge in [0.05, 0.1) is 5.33 Å². The van der Waals surface area contributed by atoms with E-state index >= 15 is 0 Å². The summed E-state index contributed by atoms with van der Waals surface area (Å²) >= 11 is 8.57. The monoisotopic (exact) mass is 584 g/mol. The lowest BCUT2D eigenvalue weighted by atomic mass is 10.1. The highest BCUT2D eigenvalue weighted by atomic mass is 80.9. The number of carbonyl (C=O) groups is 2. The summed E-state index contributed by atoms with van der Waals surface area (Å²) in [5, 5.41) is 0.280. The smallest absolute Gasteiger partial charge is 0.173 e. The molecule has 28 heavy (non-hydrogen) atoms. The van der Waals surface area contributed by atoms with E-state index in [0.717, 1.165) is 0 Å². The Balaban J connectivity index is 0. The highest BCUT2D eigenvalue weighted by Crippen LogP contribution is 2.13. The molecule has 0 saturated carbocycles. The summed E-state index contributed by atoms with van der Waals surface area (Å²) in [6, 6.07) is 8.93. The molecule has 2 aromatic carbocycles. The molecule has 0 amide bonds. The molecule has 0 fully saturated rings. The molecule has 0 bridgehead atoms. The van der Waals surface area contributed by atoms with Crippen LogP contribution in [-0.2, 0) is 12.8 Å². The molecule has 0 heterocycles. The standard InChI is InChI=1S/C10H10BrFO.C10H11FO.CH4.Br2/c1-2-7-5-8(10(13)6-11)3-4-9(7)12;1-3-8-6-9(7(2)12)4-5-10(8)11;;1-2/h3-5H,2,6H2,1H3;4-6H,3H2,1-2H3;1H4;. The van der Waals surface area contributed by atoms with Gasteiger partial charge in [-0.15, -0.1) is 0 Å². The number of aryl methyl sites for hydroxylation is 2. The Kier molecular flexibility index (Phi) is 16.7. The summed E-state index contributed by atoms with van der Waals surface area (Å²) in [4.78, 5) is 22.1. The van der Waals surface area contributed by atoms with Gasteiger partial charge in [-0.3, -0.25) is 9.59 Å². The van der Waals surface area contributed by atoms with Gasteiger partial charge in [0.25, 0.3) is 0 Å². The normalized spacial score (nSPS) is 9.14. The Morgan fingerprint density at radius 1 is 0.857 bits per heavy atom. The van der Waals surface area contributed by atoms with Crippen molar-refractivity contribution in [3.8, 4) is 0 Å². The number of alkyl halides is 1. The molecule has 0 unspecified atom stereocenters. The molecule has 2 rings (SSSR count). The van der Waals surface area contributed by atoms with Crippen molar-refractivity contribution in [2.75, 3.05) is 5.33 Å². The number of Topliss-reactive ketones (excluding diaryl/α,β-unsaturated/α-hetero) is 2. The maximum Gasteiger partial charge on any atom is 0.173 e. The van der Waals surface area contributed by atoms with Gasteiger partial charge in [0.2, 0.25) is 0 Å². The fraction of sp³-hybridized carbons (Fsp3) is 0.333. The first-order chi connectivity index (χ1) is 12.8. The third-order valence-corrected chi connectivity index (χ3v) is 4.21. The van der Waals surface area contributed by atoms with Crippen molar-refractivity contribution in [3.63, 3.8) is 0 Å². The van der Waals surface area contributed by atoms with Crippen molar-refractivity contribution in [1.82, 2.24) is 0 Å². The lowest BCUT2D eigenvalue weighted by molar-refractivity contribution is 0.101. The van der Waals surface area contributed by atoms with E-state index in [2.05, 4.69) is 44.2 Å². The summed E-state index contributed by atoms with van der Waals surface area (Å²) < 4.78 is 25.9. The molecule has 2 nitrogen and oxygen atoms in total. The summed E-state index contributed by atoms with van der Waals surface area (Å²) in [5.74, 6) is -0.518. The van der Waals surface area contributed by atoms with E-state index in [1.54, 1.807) is 12.1 Å². The molecule has 0 aliphatic carbocycles. The Hall–Kier alpha value is -0.920. The van der Waals surface area contributed by atoms with Gasteiger partial charge in [-0.25, -0.2) is 8.78 Å². The lowest BCUT2D eigenvalue weighted by Crippen LogP contribution is -2.01. The van der Waals surface area contributed by atoms with E-state index in [-0.39, 0.29) is 36.0 Å². The molecule has 0 radical (unpaired) electrons. The van der Waals surface area contributed by atoms with Crippen molar-refractivity contribution < 1.29 is 18.4 Å². The number of hydrogen-bond donors (Lipinski definition) is 0. The topological polar surface area (TPSA) is 34.1 Å². The third kappa shape index (κ3) is 9.52. The SMILES string of the molecule is BrBr.C.CCc1cc(C(=O)CBr)ccc1F.CCc1cc(C(C)=O)ccc1F. The second-order valence-electron chi connectivity index (χ2n) is 5.43. The average Bonchev–Trinajstić information content (AvgIpc) is 2.70. The van der Waals surface area contributed by atoms with E-state index in [1.165, 1.54) is 31.2 Å². The first-order valence-corrected chi connectivity index (χ1v) is 13.0. The van der Waals surface area contributed by atoms with Gasteiger partial charge >= 0.3 is 0 Å². The second-order valence-corrected chi connectivity index (χ2v) is 5.99. The van der Waals surface area contributed by atoms with Crippen LogP contribution < -0.4 is 0 Å². The molecular weight excluding hydrogens is 562 g/mol. The van der Waals surface area contributed by atoms with Crippen LogP contribution in [0.3, 0.4) is 0 Å². The molecule has 0 aliphatic heterocycles. The van der Waals surface area contributed by atoms with Crippen molar-refractivity contribution in [2.45, 2.75) is 41.0 Å². The van der Waals surface area contributed by atoms with Gasteiger partial charge in [-0.1, -0.05) is 37.2 Å². The number of hydrogen-bond acceptors (Lipinski definition) is 2. The Morgan fingerprint density at radius 3 is 1.61 bits per heavy atom. The maximum atomic E-state index is 13.0. The zero-order valence-corrected chi connectivity index (χ0v) is 20.0. The molecular formula is C21H25Br3F2O2. The van der Waals surface area contributed by atoms with Gasteiger partial charge < -0.3 is 0 Å². The minimum atomic E-state index is -0.242. The van der Waals surface area contributed by atoms with E-state index in [1.807, 2.05) is 13.8 Å². The fourth-order valence-corrected chi connectivity index (χ4v) is 2.48. The van der Waals surface area contributed by atoms with Crippen LogP contribution in [-0.4, -0.2) is 16.9 Å². The summed E-state index contributed by atoms with van der Waals surface area (Å²) in [5.41, 5.74) is 2.33. The van der Waals surface area contributed by atoms with Crippen LogP contribution in [0.5, 0.6) is 0 Å². The third-order valence-electron chi connectivity index (χ3n) is 3.70. The molecule has 0 atom stereocenters. The molecule has 2 aromatic rings. The summed E-state index contributed by atoms with van der Waals surface area (Å²) in [6.07, 6.45) is 1.22. The molecule has 0 aliphatic rings. The van der Waals surface area contributed by atoms with Crippen LogP contribution in [0.15, 0.2) is 36.4 Å². The predicted octanol–water partition coefficient (Wildman–Crippen LogP) is 7.88.